The van der Waals surface area contributed by atoms with Crippen LogP contribution in [0, 0.1) is 0 Å². The minimum atomic E-state index is -0.505. The van der Waals surface area contributed by atoms with Gasteiger partial charge in [-0.05, 0) is 32.2 Å². The summed E-state index contributed by atoms with van der Waals surface area (Å²) in [6.45, 7) is 1.19. The van der Waals surface area contributed by atoms with Gasteiger partial charge in [-0.1, -0.05) is 0 Å². The van der Waals surface area contributed by atoms with Crippen molar-refractivity contribution in [3.8, 4) is 0 Å². The van der Waals surface area contributed by atoms with Gasteiger partial charge in [-0.2, -0.15) is 0 Å². The van der Waals surface area contributed by atoms with Crippen LogP contribution in [0.2, 0.25) is 0 Å². The molecule has 2 atom stereocenters. The molecule has 1 rings (SSSR count). The average Bonchev–Trinajstić information content (AvgIpc) is 2.72. The Morgan fingerprint density at radius 2 is 2.33 bits per heavy atom. The molecule has 5 heteroatoms. The van der Waals surface area contributed by atoms with Gasteiger partial charge < -0.3 is 21.2 Å². The van der Waals surface area contributed by atoms with E-state index in [-0.39, 0.29) is 11.9 Å². The largest absolute Gasteiger partial charge is 0.332 e. The summed E-state index contributed by atoms with van der Waals surface area (Å²) in [5, 5.41) is 0. The highest BCUT2D eigenvalue weighted by molar-refractivity contribution is 5.84. The Morgan fingerprint density at radius 3 is 2.93 bits per heavy atom. The van der Waals surface area contributed by atoms with Crippen LogP contribution in [0.1, 0.15) is 25.7 Å². The molecule has 1 amide bonds. The first-order valence-corrected chi connectivity index (χ1v) is 5.42. The van der Waals surface area contributed by atoms with Gasteiger partial charge in [0.1, 0.15) is 6.29 Å². The molecule has 1 heterocycles. The van der Waals surface area contributed by atoms with Gasteiger partial charge in [0.05, 0.1) is 12.1 Å². The summed E-state index contributed by atoms with van der Waals surface area (Å²) in [4.78, 5) is 24.1. The highest BCUT2D eigenvalue weighted by Gasteiger charge is 2.30. The Balaban J connectivity index is 2.47. The lowest BCUT2D eigenvalue weighted by Crippen LogP contribution is -2.46. The van der Waals surface area contributed by atoms with Crippen LogP contribution in [0.3, 0.4) is 0 Å². The fourth-order valence-corrected chi connectivity index (χ4v) is 1.88. The Kier molecular flexibility index (Phi) is 4.71. The van der Waals surface area contributed by atoms with E-state index in [9.17, 15) is 9.59 Å². The van der Waals surface area contributed by atoms with E-state index < -0.39 is 6.04 Å². The zero-order valence-electron chi connectivity index (χ0n) is 8.89. The number of nitrogens with two attached hydrogens (primary N) is 2. The first kappa shape index (κ1) is 12.1. The van der Waals surface area contributed by atoms with Crippen molar-refractivity contribution >= 4 is 12.2 Å². The van der Waals surface area contributed by atoms with Crippen LogP contribution < -0.4 is 11.5 Å². The van der Waals surface area contributed by atoms with Gasteiger partial charge in [0.25, 0.3) is 0 Å². The van der Waals surface area contributed by atoms with Crippen LogP contribution in [-0.4, -0.2) is 42.3 Å². The third-order valence-corrected chi connectivity index (χ3v) is 2.78. The van der Waals surface area contributed by atoms with E-state index in [0.717, 1.165) is 25.5 Å². The Hall–Kier alpha value is -0.940. The summed E-state index contributed by atoms with van der Waals surface area (Å²) in [7, 11) is 0. The summed E-state index contributed by atoms with van der Waals surface area (Å²) < 4.78 is 0. The van der Waals surface area contributed by atoms with E-state index >= 15 is 0 Å². The number of aldehydes is 1. The van der Waals surface area contributed by atoms with Gasteiger partial charge in [0, 0.05) is 6.54 Å². The highest BCUT2D eigenvalue weighted by atomic mass is 16.2. The molecule has 1 saturated heterocycles. The quantitative estimate of drug-likeness (QED) is 0.588. The Morgan fingerprint density at radius 1 is 1.60 bits per heavy atom. The van der Waals surface area contributed by atoms with Crippen LogP contribution in [-0.2, 0) is 9.59 Å². The molecule has 0 bridgehead atoms. The molecule has 0 aliphatic carbocycles. The lowest BCUT2D eigenvalue weighted by atomic mass is 10.1. The molecular formula is C10H19N3O2. The molecule has 0 unspecified atom stereocenters. The molecule has 86 valence electrons. The predicted octanol–water partition coefficient (Wildman–Crippen LogP) is -0.757. The van der Waals surface area contributed by atoms with Crippen molar-refractivity contribution in [3.63, 3.8) is 0 Å². The second-order valence-corrected chi connectivity index (χ2v) is 3.91. The van der Waals surface area contributed by atoms with Gasteiger partial charge in [-0.15, -0.1) is 0 Å². The van der Waals surface area contributed by atoms with Crippen molar-refractivity contribution in [2.75, 3.05) is 13.1 Å². The van der Waals surface area contributed by atoms with E-state index in [1.54, 1.807) is 4.90 Å². The maximum absolute atomic E-state index is 11.8. The van der Waals surface area contributed by atoms with Crippen LogP contribution in [0.5, 0.6) is 0 Å². The average molecular weight is 213 g/mol. The number of carbonyl (C=O) groups excluding carboxylic acids is 2. The molecule has 0 aromatic rings. The molecule has 0 spiro atoms. The van der Waals surface area contributed by atoms with Crippen molar-refractivity contribution in [2.45, 2.75) is 37.8 Å². The number of carbonyl (C=O) groups is 2. The molecule has 1 aliphatic rings. The summed E-state index contributed by atoms with van der Waals surface area (Å²) in [6.07, 6.45) is 3.82. The molecule has 0 radical (unpaired) electrons. The number of likely N-dealkylation sites (tertiary alicyclic amines) is 1. The fourth-order valence-electron chi connectivity index (χ4n) is 1.88. The molecule has 0 aromatic carbocycles. The molecule has 5 nitrogen and oxygen atoms in total. The van der Waals surface area contributed by atoms with Crippen LogP contribution >= 0.6 is 0 Å². The zero-order chi connectivity index (χ0) is 11.3. The van der Waals surface area contributed by atoms with Crippen molar-refractivity contribution in [1.29, 1.82) is 0 Å². The number of amides is 1. The van der Waals surface area contributed by atoms with Gasteiger partial charge in [-0.25, -0.2) is 0 Å². The number of hydrogen-bond acceptors (Lipinski definition) is 4. The predicted molar refractivity (Wildman–Crippen MR) is 57.1 cm³/mol. The molecule has 4 N–H and O–H groups in total. The van der Waals surface area contributed by atoms with Crippen molar-refractivity contribution in [3.05, 3.63) is 0 Å². The lowest BCUT2D eigenvalue weighted by Gasteiger charge is -2.23. The van der Waals surface area contributed by atoms with Gasteiger partial charge >= 0.3 is 0 Å². The summed E-state index contributed by atoms with van der Waals surface area (Å²) in [6, 6.07) is -0.768. The van der Waals surface area contributed by atoms with Gasteiger partial charge in [0.15, 0.2) is 0 Å². The van der Waals surface area contributed by atoms with E-state index in [4.69, 9.17) is 11.5 Å². The number of hydrogen-bond donors (Lipinski definition) is 2. The topological polar surface area (TPSA) is 89.4 Å². The first-order chi connectivity index (χ1) is 7.20. The fraction of sp³-hybridized carbons (Fsp3) is 0.800. The van der Waals surface area contributed by atoms with Crippen molar-refractivity contribution in [2.24, 2.45) is 11.5 Å². The molecular weight excluding hydrogens is 194 g/mol. The second-order valence-electron chi connectivity index (χ2n) is 3.91. The van der Waals surface area contributed by atoms with E-state index in [0.29, 0.717) is 19.5 Å². The van der Waals surface area contributed by atoms with Crippen molar-refractivity contribution < 1.29 is 9.59 Å². The molecule has 0 aromatic heterocycles. The Labute approximate surface area is 89.8 Å². The summed E-state index contributed by atoms with van der Waals surface area (Å²) in [5.74, 6) is -0.113. The highest BCUT2D eigenvalue weighted by Crippen LogP contribution is 2.16. The third kappa shape index (κ3) is 3.00. The van der Waals surface area contributed by atoms with Crippen LogP contribution in [0.25, 0.3) is 0 Å². The SMILES string of the molecule is NCCC[C@H](N)C(=O)N1CCC[C@H]1C=O. The summed E-state index contributed by atoms with van der Waals surface area (Å²) in [5.41, 5.74) is 11.1. The van der Waals surface area contributed by atoms with Gasteiger partial charge in [0.2, 0.25) is 5.91 Å². The molecule has 1 aliphatic heterocycles. The van der Waals surface area contributed by atoms with Gasteiger partial charge in [-0.3, -0.25) is 4.79 Å². The van der Waals surface area contributed by atoms with E-state index in [2.05, 4.69) is 0 Å². The van der Waals surface area contributed by atoms with Crippen LogP contribution in [0.4, 0.5) is 0 Å². The first-order valence-electron chi connectivity index (χ1n) is 5.42. The lowest BCUT2D eigenvalue weighted by molar-refractivity contribution is -0.135. The van der Waals surface area contributed by atoms with E-state index in [1.807, 2.05) is 0 Å². The second kappa shape index (κ2) is 5.82. The molecule has 15 heavy (non-hydrogen) atoms. The van der Waals surface area contributed by atoms with E-state index in [1.165, 1.54) is 0 Å². The standard InChI is InChI=1S/C10H19N3O2/c11-5-1-4-9(12)10(15)13-6-2-3-8(13)7-14/h7-9H,1-6,11-12H2/t8-,9-/m0/s1. The number of nitrogens with zero attached hydrogens (tertiary/aromatic N) is 1. The Bertz CT molecular complexity index is 233. The van der Waals surface area contributed by atoms with Crippen LogP contribution in [0.15, 0.2) is 0 Å². The minimum Gasteiger partial charge on any atom is -0.332 e. The third-order valence-electron chi connectivity index (χ3n) is 2.78. The zero-order valence-corrected chi connectivity index (χ0v) is 8.89. The monoisotopic (exact) mass is 213 g/mol. The molecule has 1 fully saturated rings. The van der Waals surface area contributed by atoms with Crippen molar-refractivity contribution in [1.82, 2.24) is 4.90 Å². The number of rotatable bonds is 5. The maximum atomic E-state index is 11.8. The minimum absolute atomic E-state index is 0.113. The smallest absolute Gasteiger partial charge is 0.240 e. The normalized spacial score (nSPS) is 22.8. The molecule has 0 saturated carbocycles. The maximum Gasteiger partial charge on any atom is 0.240 e. The summed E-state index contributed by atoms with van der Waals surface area (Å²) >= 11 is 0.